The van der Waals surface area contributed by atoms with Crippen molar-refractivity contribution in [1.29, 1.82) is 0 Å². The van der Waals surface area contributed by atoms with Gasteiger partial charge in [-0.25, -0.2) is 17.9 Å². The molecule has 0 bridgehead atoms. The van der Waals surface area contributed by atoms with E-state index in [9.17, 15) is 28.1 Å². The number of ether oxygens (including phenoxy) is 1. The molecule has 1 atom stereocenters. The first-order valence-electron chi connectivity index (χ1n) is 8.04. The number of sulfonamides is 1. The molecule has 0 heterocycles. The fourth-order valence-electron chi connectivity index (χ4n) is 2.17. The third-order valence-electron chi connectivity index (χ3n) is 3.70. The number of rotatable bonds is 7. The van der Waals surface area contributed by atoms with E-state index in [1.54, 1.807) is 0 Å². The molecular formula is C17H16ClN3O7S. The second kappa shape index (κ2) is 8.99. The van der Waals surface area contributed by atoms with Gasteiger partial charge >= 0.3 is 5.97 Å². The van der Waals surface area contributed by atoms with E-state index in [-0.39, 0.29) is 26.9 Å². The maximum absolute atomic E-state index is 12.3. The number of non-ortho nitro benzene ring substituents is 1. The number of amides is 1. The Bertz CT molecular complexity index is 1070. The quantitative estimate of drug-likeness (QED) is 0.381. The number of nitrogens with one attached hydrogen (secondary N) is 2. The number of carbonyl (C=O) groups excluding carboxylic acids is 2. The van der Waals surface area contributed by atoms with Crippen LogP contribution in [0.3, 0.4) is 0 Å². The summed E-state index contributed by atoms with van der Waals surface area (Å²) < 4.78 is 31.0. The summed E-state index contributed by atoms with van der Waals surface area (Å²) in [4.78, 5) is 34.3. The Morgan fingerprint density at radius 2 is 1.90 bits per heavy atom. The molecule has 2 N–H and O–H groups in total. The first-order valence-corrected chi connectivity index (χ1v) is 9.90. The Balaban J connectivity index is 2.12. The monoisotopic (exact) mass is 441 g/mol. The summed E-state index contributed by atoms with van der Waals surface area (Å²) in [5.74, 6) is -1.67. The van der Waals surface area contributed by atoms with Crippen LogP contribution in [0.5, 0.6) is 0 Å². The molecule has 0 saturated carbocycles. The van der Waals surface area contributed by atoms with Gasteiger partial charge in [-0.15, -0.1) is 0 Å². The molecular weight excluding hydrogens is 426 g/mol. The van der Waals surface area contributed by atoms with Gasteiger partial charge in [0.25, 0.3) is 11.6 Å². The van der Waals surface area contributed by atoms with E-state index >= 15 is 0 Å². The third-order valence-corrected chi connectivity index (χ3v) is 5.60. The minimum absolute atomic E-state index is 0.0904. The topological polar surface area (TPSA) is 145 Å². The lowest BCUT2D eigenvalue weighted by atomic mass is 10.2. The Morgan fingerprint density at radius 1 is 1.21 bits per heavy atom. The molecule has 12 heteroatoms. The number of nitro groups is 1. The van der Waals surface area contributed by atoms with Crippen molar-refractivity contribution >= 4 is 44.9 Å². The molecule has 2 aromatic carbocycles. The molecule has 0 aliphatic rings. The minimum atomic E-state index is -3.91. The van der Waals surface area contributed by atoms with Gasteiger partial charge < -0.3 is 10.1 Å². The summed E-state index contributed by atoms with van der Waals surface area (Å²) in [5, 5.41) is 13.1. The second-order valence-corrected chi connectivity index (χ2v) is 7.96. The first-order chi connectivity index (χ1) is 13.5. The van der Waals surface area contributed by atoms with Gasteiger partial charge in [0.2, 0.25) is 10.0 Å². The first kappa shape index (κ1) is 22.3. The van der Waals surface area contributed by atoms with E-state index in [2.05, 4.69) is 10.0 Å². The Hall–Kier alpha value is -3.02. The van der Waals surface area contributed by atoms with Crippen molar-refractivity contribution in [2.45, 2.75) is 17.9 Å². The van der Waals surface area contributed by atoms with Crippen molar-refractivity contribution in [2.75, 3.05) is 12.4 Å². The van der Waals surface area contributed by atoms with Crippen molar-refractivity contribution in [1.82, 2.24) is 4.72 Å². The lowest BCUT2D eigenvalue weighted by Crippen LogP contribution is -2.30. The number of halogens is 1. The van der Waals surface area contributed by atoms with E-state index in [1.165, 1.54) is 44.3 Å². The zero-order valence-electron chi connectivity index (χ0n) is 15.2. The fraction of sp³-hybridized carbons (Fsp3) is 0.176. The zero-order valence-corrected chi connectivity index (χ0v) is 16.8. The van der Waals surface area contributed by atoms with Crippen LogP contribution < -0.4 is 10.0 Å². The van der Waals surface area contributed by atoms with Crippen LogP contribution in [0, 0.1) is 10.1 Å². The second-order valence-electron chi connectivity index (χ2n) is 5.70. The molecule has 154 valence electrons. The smallest absolute Gasteiger partial charge is 0.338 e. The molecule has 0 aliphatic heterocycles. The molecule has 29 heavy (non-hydrogen) atoms. The minimum Gasteiger partial charge on any atom is -0.449 e. The molecule has 1 unspecified atom stereocenters. The predicted molar refractivity (Wildman–Crippen MR) is 104 cm³/mol. The van der Waals surface area contributed by atoms with Crippen LogP contribution in [0.2, 0.25) is 5.02 Å². The molecule has 0 fully saturated rings. The Kier molecular flexibility index (Phi) is 6.90. The summed E-state index contributed by atoms with van der Waals surface area (Å²) in [6, 6.07) is 8.74. The van der Waals surface area contributed by atoms with Crippen molar-refractivity contribution in [3.63, 3.8) is 0 Å². The van der Waals surface area contributed by atoms with Gasteiger partial charge in [-0.1, -0.05) is 17.7 Å². The summed E-state index contributed by atoms with van der Waals surface area (Å²) in [6.07, 6.45) is -1.26. The predicted octanol–water partition coefficient (Wildman–Crippen LogP) is 2.34. The number of nitro benzene ring substituents is 1. The zero-order chi connectivity index (χ0) is 21.8. The standard InChI is InChI=1S/C17H16ClN3O7S/c1-10(16(22)20-12-4-3-5-13(9-12)21(24)25)28-17(23)11-6-7-14(18)15(8-11)29(26,27)19-2/h3-10,19H,1-2H3,(H,20,22). The number of hydrogen-bond acceptors (Lipinski definition) is 7. The highest BCUT2D eigenvalue weighted by Gasteiger charge is 2.23. The van der Waals surface area contributed by atoms with E-state index in [0.29, 0.717) is 0 Å². The molecule has 2 rings (SSSR count). The van der Waals surface area contributed by atoms with Crippen LogP contribution in [-0.2, 0) is 19.6 Å². The summed E-state index contributed by atoms with van der Waals surface area (Å²) >= 11 is 5.86. The average molecular weight is 442 g/mol. The molecule has 2 aromatic rings. The van der Waals surface area contributed by atoms with Gasteiger partial charge in [-0.2, -0.15) is 0 Å². The summed E-state index contributed by atoms with van der Waals surface area (Å²) in [7, 11) is -2.71. The SMILES string of the molecule is CNS(=O)(=O)c1cc(C(=O)OC(C)C(=O)Nc2cccc([N+](=O)[O-])c2)ccc1Cl. The van der Waals surface area contributed by atoms with E-state index in [4.69, 9.17) is 16.3 Å². The van der Waals surface area contributed by atoms with E-state index in [0.717, 1.165) is 12.1 Å². The number of benzene rings is 2. The Labute approximate surface area is 171 Å². The number of esters is 1. The van der Waals surface area contributed by atoms with Crippen LogP contribution in [0.15, 0.2) is 47.4 Å². The van der Waals surface area contributed by atoms with Crippen LogP contribution >= 0.6 is 11.6 Å². The van der Waals surface area contributed by atoms with Crippen LogP contribution in [0.25, 0.3) is 0 Å². The largest absolute Gasteiger partial charge is 0.449 e. The molecule has 0 spiro atoms. The summed E-state index contributed by atoms with van der Waals surface area (Å²) in [6.45, 7) is 1.30. The van der Waals surface area contributed by atoms with Crippen LogP contribution in [0.4, 0.5) is 11.4 Å². The highest BCUT2D eigenvalue weighted by Crippen LogP contribution is 2.23. The molecule has 0 saturated heterocycles. The van der Waals surface area contributed by atoms with Gasteiger partial charge in [0.05, 0.1) is 15.5 Å². The maximum Gasteiger partial charge on any atom is 0.338 e. The highest BCUT2D eigenvalue weighted by atomic mass is 35.5. The summed E-state index contributed by atoms with van der Waals surface area (Å²) in [5.41, 5.74) is -0.189. The van der Waals surface area contributed by atoms with Crippen molar-refractivity contribution in [3.8, 4) is 0 Å². The van der Waals surface area contributed by atoms with Gasteiger partial charge in [-0.05, 0) is 38.2 Å². The van der Waals surface area contributed by atoms with E-state index in [1.807, 2.05) is 0 Å². The lowest BCUT2D eigenvalue weighted by molar-refractivity contribution is -0.384. The highest BCUT2D eigenvalue weighted by molar-refractivity contribution is 7.89. The molecule has 0 aliphatic carbocycles. The molecule has 1 amide bonds. The van der Waals surface area contributed by atoms with Gasteiger partial charge in [-0.3, -0.25) is 14.9 Å². The Morgan fingerprint density at radius 3 is 2.52 bits per heavy atom. The molecule has 0 aromatic heterocycles. The molecule has 10 nitrogen and oxygen atoms in total. The van der Waals surface area contributed by atoms with E-state index < -0.39 is 32.9 Å². The average Bonchev–Trinajstić information content (AvgIpc) is 2.68. The van der Waals surface area contributed by atoms with Crippen LogP contribution in [-0.4, -0.2) is 38.4 Å². The number of anilines is 1. The number of carbonyl (C=O) groups is 2. The normalized spacial score (nSPS) is 12.1. The van der Waals surface area contributed by atoms with Gasteiger partial charge in [0.15, 0.2) is 6.10 Å². The van der Waals surface area contributed by atoms with Gasteiger partial charge in [0.1, 0.15) is 4.90 Å². The third kappa shape index (κ3) is 5.50. The lowest BCUT2D eigenvalue weighted by Gasteiger charge is -2.14. The fourth-order valence-corrected chi connectivity index (χ4v) is 3.42. The van der Waals surface area contributed by atoms with Crippen molar-refractivity contribution < 1.29 is 27.7 Å². The number of nitrogens with zero attached hydrogens (tertiary/aromatic N) is 1. The van der Waals surface area contributed by atoms with Crippen molar-refractivity contribution in [3.05, 3.63) is 63.2 Å². The van der Waals surface area contributed by atoms with Gasteiger partial charge in [0, 0.05) is 17.8 Å². The van der Waals surface area contributed by atoms with Crippen LogP contribution in [0.1, 0.15) is 17.3 Å². The number of hydrogen-bond donors (Lipinski definition) is 2. The molecule has 0 radical (unpaired) electrons. The van der Waals surface area contributed by atoms with Crippen molar-refractivity contribution in [2.24, 2.45) is 0 Å². The maximum atomic E-state index is 12.3.